The SMILES string of the molecule is CCCCCCCCCCOC(CCCCCCCCCC=COCOCCCCCCC)OCCCCCCCCCC. The maximum Gasteiger partial charge on any atom is 0.188 e. The summed E-state index contributed by atoms with van der Waals surface area (Å²) < 4.78 is 23.5. The van der Waals surface area contributed by atoms with E-state index in [1.807, 2.05) is 6.26 Å². The first-order valence-electron chi connectivity index (χ1n) is 19.9. The van der Waals surface area contributed by atoms with Gasteiger partial charge in [-0.05, 0) is 51.0 Å². The van der Waals surface area contributed by atoms with Crippen LogP contribution in [0.3, 0.4) is 0 Å². The molecule has 44 heavy (non-hydrogen) atoms. The summed E-state index contributed by atoms with van der Waals surface area (Å²) in [6.45, 7) is 9.76. The molecule has 0 aliphatic carbocycles. The molecule has 0 N–H and O–H groups in total. The van der Waals surface area contributed by atoms with Crippen molar-refractivity contribution in [3.8, 4) is 0 Å². The molecular weight excluding hydrogens is 544 g/mol. The normalized spacial score (nSPS) is 11.8. The number of hydrogen-bond donors (Lipinski definition) is 0. The Morgan fingerprint density at radius 1 is 0.409 bits per heavy atom. The maximum absolute atomic E-state index is 6.25. The summed E-state index contributed by atoms with van der Waals surface area (Å²) in [7, 11) is 0. The Hall–Kier alpha value is -0.580. The molecule has 0 unspecified atom stereocenters. The van der Waals surface area contributed by atoms with Crippen molar-refractivity contribution in [2.75, 3.05) is 26.6 Å². The third kappa shape index (κ3) is 37.6. The number of unbranched alkanes of at least 4 members (excludes halogenated alkanes) is 25. The number of ether oxygens (including phenoxy) is 4. The Morgan fingerprint density at radius 2 is 0.795 bits per heavy atom. The molecule has 0 aromatic heterocycles. The summed E-state index contributed by atoms with van der Waals surface area (Å²) in [6, 6.07) is 0. The van der Waals surface area contributed by atoms with Crippen molar-refractivity contribution in [3.63, 3.8) is 0 Å². The zero-order chi connectivity index (χ0) is 31.9. The van der Waals surface area contributed by atoms with Crippen molar-refractivity contribution in [2.24, 2.45) is 0 Å². The second-order valence-corrected chi connectivity index (χ2v) is 13.2. The van der Waals surface area contributed by atoms with Crippen LogP contribution in [0.5, 0.6) is 0 Å². The number of hydrogen-bond acceptors (Lipinski definition) is 4. The quantitative estimate of drug-likeness (QED) is 0.0387. The summed E-state index contributed by atoms with van der Waals surface area (Å²) in [4.78, 5) is 0. The van der Waals surface area contributed by atoms with Crippen LogP contribution in [0.2, 0.25) is 0 Å². The predicted molar refractivity (Wildman–Crippen MR) is 192 cm³/mol. The molecule has 0 spiro atoms. The van der Waals surface area contributed by atoms with Gasteiger partial charge in [0.1, 0.15) is 0 Å². The highest BCUT2D eigenvalue weighted by molar-refractivity contribution is 4.72. The molecule has 0 atom stereocenters. The highest BCUT2D eigenvalue weighted by Crippen LogP contribution is 2.15. The Balaban J connectivity index is 3.80. The average Bonchev–Trinajstić information content (AvgIpc) is 3.03. The van der Waals surface area contributed by atoms with Gasteiger partial charge < -0.3 is 18.9 Å². The molecular formula is C40H80O4. The van der Waals surface area contributed by atoms with Crippen LogP contribution in [0.4, 0.5) is 0 Å². The van der Waals surface area contributed by atoms with Crippen molar-refractivity contribution < 1.29 is 18.9 Å². The van der Waals surface area contributed by atoms with E-state index in [2.05, 4.69) is 26.8 Å². The van der Waals surface area contributed by atoms with Crippen LogP contribution in [0, 0.1) is 0 Å². The van der Waals surface area contributed by atoms with Gasteiger partial charge in [0, 0.05) is 13.2 Å². The number of rotatable bonds is 39. The topological polar surface area (TPSA) is 36.9 Å². The van der Waals surface area contributed by atoms with Gasteiger partial charge in [0.05, 0.1) is 12.9 Å². The van der Waals surface area contributed by atoms with Crippen LogP contribution in [-0.2, 0) is 18.9 Å². The fraction of sp³-hybridized carbons (Fsp3) is 0.950. The molecule has 0 rings (SSSR count). The lowest BCUT2D eigenvalue weighted by atomic mass is 10.1. The van der Waals surface area contributed by atoms with Gasteiger partial charge in [0.15, 0.2) is 13.1 Å². The maximum atomic E-state index is 6.25. The Labute approximate surface area is 277 Å². The first-order chi connectivity index (χ1) is 21.8. The third-order valence-electron chi connectivity index (χ3n) is 8.65. The van der Waals surface area contributed by atoms with E-state index >= 15 is 0 Å². The summed E-state index contributed by atoms with van der Waals surface area (Å²) in [5, 5.41) is 0. The van der Waals surface area contributed by atoms with Gasteiger partial charge in [-0.15, -0.1) is 0 Å². The van der Waals surface area contributed by atoms with Crippen molar-refractivity contribution in [1.29, 1.82) is 0 Å². The van der Waals surface area contributed by atoms with Crippen molar-refractivity contribution >= 4 is 0 Å². The van der Waals surface area contributed by atoms with Crippen LogP contribution in [0.25, 0.3) is 0 Å². The van der Waals surface area contributed by atoms with Gasteiger partial charge in [0.25, 0.3) is 0 Å². The zero-order valence-electron chi connectivity index (χ0n) is 30.4. The van der Waals surface area contributed by atoms with Gasteiger partial charge in [-0.3, -0.25) is 0 Å². The highest BCUT2D eigenvalue weighted by Gasteiger charge is 2.09. The van der Waals surface area contributed by atoms with Gasteiger partial charge in [-0.1, -0.05) is 168 Å². The van der Waals surface area contributed by atoms with Crippen LogP contribution >= 0.6 is 0 Å². The van der Waals surface area contributed by atoms with E-state index in [4.69, 9.17) is 18.9 Å². The Morgan fingerprint density at radius 3 is 1.27 bits per heavy atom. The van der Waals surface area contributed by atoms with Crippen LogP contribution in [0.15, 0.2) is 12.3 Å². The monoisotopic (exact) mass is 625 g/mol. The number of allylic oxidation sites excluding steroid dienone is 1. The molecule has 0 saturated carbocycles. The molecule has 0 bridgehead atoms. The van der Waals surface area contributed by atoms with E-state index in [1.165, 1.54) is 173 Å². The van der Waals surface area contributed by atoms with E-state index in [0.717, 1.165) is 39.1 Å². The molecule has 0 amide bonds. The second-order valence-electron chi connectivity index (χ2n) is 13.2. The lowest BCUT2D eigenvalue weighted by molar-refractivity contribution is -0.148. The largest absolute Gasteiger partial charge is 0.475 e. The van der Waals surface area contributed by atoms with Gasteiger partial charge in [0.2, 0.25) is 0 Å². The van der Waals surface area contributed by atoms with Crippen molar-refractivity contribution in [1.82, 2.24) is 0 Å². The summed E-state index contributed by atoms with van der Waals surface area (Å²) in [5.74, 6) is 0. The molecule has 0 fully saturated rings. The predicted octanol–water partition coefficient (Wildman–Crippen LogP) is 13.6. The minimum absolute atomic E-state index is 0.00862. The lowest BCUT2D eigenvalue weighted by Gasteiger charge is -2.19. The Bertz CT molecular complexity index is 502. The van der Waals surface area contributed by atoms with Gasteiger partial charge >= 0.3 is 0 Å². The molecule has 0 aliphatic rings. The molecule has 0 aromatic rings. The molecule has 0 aromatic carbocycles. The zero-order valence-corrected chi connectivity index (χ0v) is 30.4. The van der Waals surface area contributed by atoms with Crippen LogP contribution < -0.4 is 0 Å². The van der Waals surface area contributed by atoms with Crippen LogP contribution in [-0.4, -0.2) is 32.9 Å². The van der Waals surface area contributed by atoms with E-state index in [-0.39, 0.29) is 6.29 Å². The van der Waals surface area contributed by atoms with Crippen molar-refractivity contribution in [3.05, 3.63) is 12.3 Å². The highest BCUT2D eigenvalue weighted by atomic mass is 16.7. The Kier molecular flexibility index (Phi) is 39.9. The van der Waals surface area contributed by atoms with Gasteiger partial charge in [-0.2, -0.15) is 0 Å². The van der Waals surface area contributed by atoms with E-state index in [0.29, 0.717) is 6.79 Å². The van der Waals surface area contributed by atoms with Crippen molar-refractivity contribution in [2.45, 2.75) is 220 Å². The van der Waals surface area contributed by atoms with E-state index < -0.39 is 0 Å². The minimum Gasteiger partial charge on any atom is -0.475 e. The van der Waals surface area contributed by atoms with Gasteiger partial charge in [-0.25, -0.2) is 0 Å². The first kappa shape index (κ1) is 43.4. The smallest absolute Gasteiger partial charge is 0.188 e. The van der Waals surface area contributed by atoms with Crippen LogP contribution in [0.1, 0.15) is 213 Å². The molecule has 0 radical (unpaired) electrons. The molecule has 0 aliphatic heterocycles. The summed E-state index contributed by atoms with van der Waals surface area (Å²) >= 11 is 0. The molecule has 4 nitrogen and oxygen atoms in total. The second kappa shape index (κ2) is 40.4. The van der Waals surface area contributed by atoms with E-state index in [9.17, 15) is 0 Å². The average molecular weight is 625 g/mol. The van der Waals surface area contributed by atoms with E-state index in [1.54, 1.807) is 0 Å². The minimum atomic E-state index is 0.00862. The standard InChI is InChI=1S/C40H80O4/c1-4-7-10-13-15-22-27-32-37-43-40(44-38-33-28-23-16-14-11-8-5-2)34-29-24-20-18-17-19-21-26-31-36-42-39-41-35-30-25-12-9-6-3/h31,36,40H,4-30,32-35,37-39H2,1-3H3. The first-order valence-corrected chi connectivity index (χ1v) is 19.9. The molecule has 264 valence electrons. The fourth-order valence-corrected chi connectivity index (χ4v) is 5.66. The summed E-state index contributed by atoms with van der Waals surface area (Å²) in [5.41, 5.74) is 0. The molecule has 0 saturated heterocycles. The third-order valence-corrected chi connectivity index (χ3v) is 8.65. The fourth-order valence-electron chi connectivity index (χ4n) is 5.66. The summed E-state index contributed by atoms with van der Waals surface area (Å²) in [6.07, 6.45) is 43.1. The molecule has 4 heteroatoms. The lowest BCUT2D eigenvalue weighted by Crippen LogP contribution is -2.19. The molecule has 0 heterocycles.